The second-order valence-electron chi connectivity index (χ2n) is 6.79. The van der Waals surface area contributed by atoms with Crippen molar-refractivity contribution in [3.8, 4) is 0 Å². The molecule has 0 N–H and O–H groups in total. The Hall–Kier alpha value is -2.19. The SMILES string of the molecule is Cc1nc2ccc(C(=O)N3CCC(S(=O)(=O)Cc4ccco4)CC3)cc2s1. The normalized spacial score (nSPS) is 16.1. The van der Waals surface area contributed by atoms with E-state index in [2.05, 4.69) is 4.98 Å². The van der Waals surface area contributed by atoms with Gasteiger partial charge in [-0.25, -0.2) is 13.4 Å². The molecule has 8 heteroatoms. The number of benzene rings is 1. The van der Waals surface area contributed by atoms with E-state index < -0.39 is 15.1 Å². The smallest absolute Gasteiger partial charge is 0.253 e. The predicted octanol–water partition coefficient (Wildman–Crippen LogP) is 3.42. The topological polar surface area (TPSA) is 80.5 Å². The maximum Gasteiger partial charge on any atom is 0.253 e. The maximum atomic E-state index is 12.8. The first-order valence-corrected chi connectivity index (χ1v) is 11.4. The number of carbonyl (C=O) groups is 1. The van der Waals surface area contributed by atoms with Crippen molar-refractivity contribution in [2.45, 2.75) is 30.8 Å². The molecule has 27 heavy (non-hydrogen) atoms. The van der Waals surface area contributed by atoms with Crippen molar-refractivity contribution in [3.63, 3.8) is 0 Å². The average Bonchev–Trinajstić information content (AvgIpc) is 3.28. The van der Waals surface area contributed by atoms with E-state index in [1.165, 1.54) is 6.26 Å². The number of furan rings is 1. The number of aryl methyl sites for hydroxylation is 1. The molecule has 0 aliphatic carbocycles. The number of hydrogen-bond donors (Lipinski definition) is 0. The Kier molecular flexibility index (Phi) is 4.77. The molecule has 1 aromatic carbocycles. The minimum Gasteiger partial charge on any atom is -0.468 e. The molecule has 1 aliphatic heterocycles. The van der Waals surface area contributed by atoms with E-state index in [1.54, 1.807) is 34.4 Å². The van der Waals surface area contributed by atoms with E-state index in [0.29, 0.717) is 37.3 Å². The zero-order valence-electron chi connectivity index (χ0n) is 14.9. The Labute approximate surface area is 161 Å². The first-order valence-electron chi connectivity index (χ1n) is 8.83. The van der Waals surface area contributed by atoms with Crippen LogP contribution in [0.4, 0.5) is 0 Å². The fourth-order valence-corrected chi connectivity index (χ4v) is 6.08. The number of sulfone groups is 1. The van der Waals surface area contributed by atoms with Crippen LogP contribution in [0, 0.1) is 6.92 Å². The van der Waals surface area contributed by atoms with Crippen molar-refractivity contribution in [2.75, 3.05) is 13.1 Å². The molecule has 1 saturated heterocycles. The third-order valence-electron chi connectivity index (χ3n) is 4.90. The van der Waals surface area contributed by atoms with Gasteiger partial charge in [-0.1, -0.05) is 0 Å². The van der Waals surface area contributed by atoms with Crippen LogP contribution in [0.25, 0.3) is 10.2 Å². The van der Waals surface area contributed by atoms with Gasteiger partial charge >= 0.3 is 0 Å². The molecule has 0 spiro atoms. The van der Waals surface area contributed by atoms with Crippen LogP contribution in [0.5, 0.6) is 0 Å². The molecule has 1 aliphatic rings. The molecule has 0 saturated carbocycles. The van der Waals surface area contributed by atoms with Crippen molar-refractivity contribution < 1.29 is 17.6 Å². The van der Waals surface area contributed by atoms with E-state index >= 15 is 0 Å². The van der Waals surface area contributed by atoms with Crippen molar-refractivity contribution >= 4 is 37.3 Å². The Morgan fingerprint density at radius 2 is 2.07 bits per heavy atom. The van der Waals surface area contributed by atoms with Crippen molar-refractivity contribution in [3.05, 3.63) is 52.9 Å². The van der Waals surface area contributed by atoms with E-state index in [4.69, 9.17) is 4.42 Å². The van der Waals surface area contributed by atoms with Gasteiger partial charge in [0.05, 0.1) is 26.7 Å². The lowest BCUT2D eigenvalue weighted by Gasteiger charge is -2.31. The van der Waals surface area contributed by atoms with Gasteiger partial charge in [0.25, 0.3) is 5.91 Å². The molecular weight excluding hydrogens is 384 g/mol. The summed E-state index contributed by atoms with van der Waals surface area (Å²) in [6.45, 7) is 2.83. The van der Waals surface area contributed by atoms with Crippen LogP contribution in [0.1, 0.15) is 34.0 Å². The second-order valence-corrected chi connectivity index (χ2v) is 10.3. The van der Waals surface area contributed by atoms with Gasteiger partial charge in [-0.15, -0.1) is 11.3 Å². The Balaban J connectivity index is 1.42. The summed E-state index contributed by atoms with van der Waals surface area (Å²) < 4.78 is 31.3. The third kappa shape index (κ3) is 3.77. The van der Waals surface area contributed by atoms with E-state index in [0.717, 1.165) is 15.2 Å². The molecule has 3 aromatic rings. The fourth-order valence-electron chi connectivity index (χ4n) is 3.48. The first-order chi connectivity index (χ1) is 12.9. The summed E-state index contributed by atoms with van der Waals surface area (Å²) in [5.74, 6) is 0.325. The second kappa shape index (κ2) is 7.09. The number of likely N-dealkylation sites (tertiary alicyclic amines) is 1. The molecule has 1 amide bonds. The lowest BCUT2D eigenvalue weighted by molar-refractivity contribution is 0.0726. The summed E-state index contributed by atoms with van der Waals surface area (Å²) in [6, 6.07) is 8.90. The first kappa shape index (κ1) is 18.2. The summed E-state index contributed by atoms with van der Waals surface area (Å²) >= 11 is 1.57. The molecule has 0 radical (unpaired) electrons. The largest absolute Gasteiger partial charge is 0.468 e. The predicted molar refractivity (Wildman–Crippen MR) is 105 cm³/mol. The van der Waals surface area contributed by atoms with Crippen LogP contribution in [0.2, 0.25) is 0 Å². The van der Waals surface area contributed by atoms with E-state index in [9.17, 15) is 13.2 Å². The van der Waals surface area contributed by atoms with Gasteiger partial charge in [0, 0.05) is 18.7 Å². The number of rotatable bonds is 4. The highest BCUT2D eigenvalue weighted by Gasteiger charge is 2.32. The van der Waals surface area contributed by atoms with Crippen molar-refractivity contribution in [1.82, 2.24) is 9.88 Å². The van der Waals surface area contributed by atoms with Crippen LogP contribution in [-0.4, -0.2) is 42.5 Å². The molecule has 142 valence electrons. The summed E-state index contributed by atoms with van der Waals surface area (Å²) in [6.07, 6.45) is 2.39. The van der Waals surface area contributed by atoms with Crippen LogP contribution in [0.15, 0.2) is 41.0 Å². The number of piperidine rings is 1. The third-order valence-corrected chi connectivity index (χ3v) is 8.01. The van der Waals surface area contributed by atoms with Gasteiger partial charge in [0.1, 0.15) is 11.5 Å². The Bertz CT molecular complexity index is 1060. The molecule has 2 aromatic heterocycles. The number of nitrogens with zero attached hydrogens (tertiary/aromatic N) is 2. The highest BCUT2D eigenvalue weighted by Crippen LogP contribution is 2.26. The fraction of sp³-hybridized carbons (Fsp3) is 0.368. The van der Waals surface area contributed by atoms with Gasteiger partial charge < -0.3 is 9.32 Å². The van der Waals surface area contributed by atoms with Gasteiger partial charge in [-0.3, -0.25) is 4.79 Å². The molecule has 3 heterocycles. The Morgan fingerprint density at radius 1 is 1.30 bits per heavy atom. The average molecular weight is 405 g/mol. The van der Waals surface area contributed by atoms with Gasteiger partial charge in [-0.2, -0.15) is 0 Å². The Morgan fingerprint density at radius 3 is 2.78 bits per heavy atom. The zero-order valence-corrected chi connectivity index (χ0v) is 16.6. The molecule has 1 fully saturated rings. The highest BCUT2D eigenvalue weighted by molar-refractivity contribution is 7.91. The van der Waals surface area contributed by atoms with Crippen LogP contribution in [0.3, 0.4) is 0 Å². The van der Waals surface area contributed by atoms with Crippen LogP contribution < -0.4 is 0 Å². The molecule has 0 bridgehead atoms. The van der Waals surface area contributed by atoms with Crippen molar-refractivity contribution in [2.24, 2.45) is 0 Å². The summed E-state index contributed by atoms with van der Waals surface area (Å²) in [7, 11) is -3.28. The van der Waals surface area contributed by atoms with Gasteiger partial charge in [0.2, 0.25) is 0 Å². The van der Waals surface area contributed by atoms with Crippen LogP contribution in [-0.2, 0) is 15.6 Å². The molecule has 0 unspecified atom stereocenters. The lowest BCUT2D eigenvalue weighted by atomic mass is 10.1. The van der Waals surface area contributed by atoms with E-state index in [-0.39, 0.29) is 11.7 Å². The zero-order chi connectivity index (χ0) is 19.0. The number of amides is 1. The minimum absolute atomic E-state index is 0.0511. The van der Waals surface area contributed by atoms with Gasteiger partial charge in [0.15, 0.2) is 9.84 Å². The number of thiazole rings is 1. The molecule has 0 atom stereocenters. The quantitative estimate of drug-likeness (QED) is 0.666. The number of hydrogen-bond acceptors (Lipinski definition) is 6. The van der Waals surface area contributed by atoms with Gasteiger partial charge in [-0.05, 0) is 50.1 Å². The maximum absolute atomic E-state index is 12.8. The summed E-state index contributed by atoms with van der Waals surface area (Å²) in [5.41, 5.74) is 1.53. The number of fused-ring (bicyclic) bond motifs is 1. The van der Waals surface area contributed by atoms with Crippen LogP contribution >= 0.6 is 11.3 Å². The van der Waals surface area contributed by atoms with Crippen molar-refractivity contribution in [1.29, 1.82) is 0 Å². The lowest BCUT2D eigenvalue weighted by Crippen LogP contribution is -2.42. The number of aromatic nitrogens is 1. The molecular formula is C19H20N2O4S2. The summed E-state index contributed by atoms with van der Waals surface area (Å²) in [5, 5.41) is 0.537. The standard InChI is InChI=1S/C19H20N2O4S2/c1-13-20-17-5-4-14(11-18(17)26-13)19(22)21-8-6-16(7-9-21)27(23,24)12-15-3-2-10-25-15/h2-5,10-11,16H,6-9,12H2,1H3. The molecule has 6 nitrogen and oxygen atoms in total. The molecule has 4 rings (SSSR count). The summed E-state index contributed by atoms with van der Waals surface area (Å²) in [4.78, 5) is 19.0. The van der Waals surface area contributed by atoms with E-state index in [1.807, 2.05) is 19.1 Å². The monoisotopic (exact) mass is 404 g/mol. The number of carbonyl (C=O) groups excluding carboxylic acids is 1. The highest BCUT2D eigenvalue weighted by atomic mass is 32.2. The minimum atomic E-state index is -3.28.